The molecule has 2 aromatic carbocycles. The predicted octanol–water partition coefficient (Wildman–Crippen LogP) is 6.45. The number of nitrogens with one attached hydrogen (secondary N) is 2. The van der Waals surface area contributed by atoms with Crippen LogP contribution in [0.15, 0.2) is 60.9 Å². The molecule has 0 aliphatic carbocycles. The van der Waals surface area contributed by atoms with E-state index in [9.17, 15) is 18.0 Å². The van der Waals surface area contributed by atoms with Crippen molar-refractivity contribution in [2.75, 3.05) is 36.8 Å². The van der Waals surface area contributed by atoms with E-state index in [4.69, 9.17) is 0 Å². The van der Waals surface area contributed by atoms with Gasteiger partial charge in [0.2, 0.25) is 0 Å². The zero-order valence-corrected chi connectivity index (χ0v) is 22.5. The summed E-state index contributed by atoms with van der Waals surface area (Å²) in [6.07, 6.45) is 1.18. The van der Waals surface area contributed by atoms with E-state index in [1.165, 1.54) is 38.1 Å². The quantitative estimate of drug-likeness (QED) is 0.241. The third-order valence-corrected chi connectivity index (χ3v) is 7.69. The van der Waals surface area contributed by atoms with Crippen LogP contribution in [0.4, 0.5) is 24.7 Å². The fourth-order valence-corrected chi connectivity index (χ4v) is 5.48. The van der Waals surface area contributed by atoms with Crippen LogP contribution in [0, 0.1) is 11.8 Å². The second kappa shape index (κ2) is 12.5. The largest absolute Gasteiger partial charge is 0.416 e. The molecule has 2 aromatic heterocycles. The smallest absolute Gasteiger partial charge is 0.368 e. The van der Waals surface area contributed by atoms with Gasteiger partial charge in [-0.3, -0.25) is 4.79 Å². The number of thiophene rings is 1. The Kier molecular flexibility index (Phi) is 8.63. The average molecular weight is 564 g/mol. The molecule has 0 radical (unpaired) electrons. The molecule has 1 aliphatic heterocycles. The van der Waals surface area contributed by atoms with Crippen LogP contribution >= 0.6 is 11.3 Å². The lowest BCUT2D eigenvalue weighted by molar-refractivity contribution is -0.137. The lowest BCUT2D eigenvalue weighted by Crippen LogP contribution is -2.19. The molecule has 0 saturated carbocycles. The fourth-order valence-electron chi connectivity index (χ4n) is 4.53. The molecular weight excluding hydrogens is 535 g/mol. The molecule has 40 heavy (non-hydrogen) atoms. The van der Waals surface area contributed by atoms with E-state index in [2.05, 4.69) is 37.3 Å². The van der Waals surface area contributed by atoms with Crippen molar-refractivity contribution in [2.24, 2.45) is 0 Å². The van der Waals surface area contributed by atoms with Gasteiger partial charge in [0.05, 0.1) is 20.7 Å². The van der Waals surface area contributed by atoms with Gasteiger partial charge in [-0.1, -0.05) is 30.0 Å². The molecule has 206 valence electrons. The van der Waals surface area contributed by atoms with E-state index >= 15 is 0 Å². The molecule has 3 heterocycles. The van der Waals surface area contributed by atoms with E-state index in [1.807, 2.05) is 18.2 Å². The predicted molar refractivity (Wildman–Crippen MR) is 153 cm³/mol. The number of halogens is 3. The summed E-state index contributed by atoms with van der Waals surface area (Å²) >= 11 is 1.58. The Morgan fingerprint density at radius 3 is 2.62 bits per heavy atom. The Morgan fingerprint density at radius 1 is 1.05 bits per heavy atom. The molecule has 1 saturated heterocycles. The molecule has 10 heteroatoms. The number of fused-ring (bicyclic) bond motifs is 1. The summed E-state index contributed by atoms with van der Waals surface area (Å²) in [5, 5.41) is 6.03. The van der Waals surface area contributed by atoms with Crippen LogP contribution in [0.2, 0.25) is 0 Å². The summed E-state index contributed by atoms with van der Waals surface area (Å²) in [5.74, 6) is 6.73. The normalized spacial score (nSPS) is 13.7. The summed E-state index contributed by atoms with van der Waals surface area (Å²) in [6, 6.07) is 13.6. The van der Waals surface area contributed by atoms with Crippen LogP contribution in [-0.4, -0.2) is 47.0 Å². The molecule has 2 N–H and O–H groups in total. The van der Waals surface area contributed by atoms with Gasteiger partial charge in [-0.2, -0.15) is 13.2 Å². The van der Waals surface area contributed by atoms with E-state index in [0.29, 0.717) is 18.7 Å². The number of hydrogen-bond donors (Lipinski definition) is 2. The van der Waals surface area contributed by atoms with Crippen LogP contribution in [0.1, 0.15) is 45.6 Å². The summed E-state index contributed by atoms with van der Waals surface area (Å²) in [4.78, 5) is 24.7. The molecule has 1 amide bonds. The van der Waals surface area contributed by atoms with Gasteiger partial charge in [0.1, 0.15) is 12.1 Å². The molecule has 1 fully saturated rings. The summed E-state index contributed by atoms with van der Waals surface area (Å²) in [6.45, 7) is 4.02. The number of benzene rings is 2. The lowest BCUT2D eigenvalue weighted by Gasteiger charge is -2.10. The van der Waals surface area contributed by atoms with Crippen molar-refractivity contribution in [3.8, 4) is 11.8 Å². The van der Waals surface area contributed by atoms with Gasteiger partial charge in [-0.05, 0) is 74.3 Å². The first-order chi connectivity index (χ1) is 19.3. The van der Waals surface area contributed by atoms with E-state index in [0.717, 1.165) is 51.6 Å². The van der Waals surface area contributed by atoms with Crippen LogP contribution < -0.4 is 10.6 Å². The number of carbonyl (C=O) groups excluding carboxylic acids is 1. The highest BCUT2D eigenvalue weighted by atomic mass is 32.1. The molecule has 6 nitrogen and oxygen atoms in total. The minimum atomic E-state index is -4.50. The Labute approximate surface area is 234 Å². The number of likely N-dealkylation sites (tertiary alicyclic amines) is 1. The lowest BCUT2D eigenvalue weighted by atomic mass is 10.1. The van der Waals surface area contributed by atoms with Gasteiger partial charge in [0.25, 0.3) is 5.91 Å². The molecule has 0 bridgehead atoms. The molecule has 5 rings (SSSR count). The van der Waals surface area contributed by atoms with Gasteiger partial charge in [0.15, 0.2) is 0 Å². The van der Waals surface area contributed by atoms with Crippen molar-refractivity contribution < 1.29 is 18.0 Å². The van der Waals surface area contributed by atoms with Crippen LogP contribution in [0.25, 0.3) is 10.2 Å². The number of hydrogen-bond acceptors (Lipinski definition) is 6. The first-order valence-electron chi connectivity index (χ1n) is 13.1. The van der Waals surface area contributed by atoms with Gasteiger partial charge in [0, 0.05) is 30.8 Å². The number of carbonyl (C=O) groups is 1. The molecule has 0 unspecified atom stereocenters. The summed E-state index contributed by atoms with van der Waals surface area (Å²) in [7, 11) is 0. The average Bonchev–Trinajstić information content (AvgIpc) is 3.62. The highest BCUT2D eigenvalue weighted by Gasteiger charge is 2.30. The highest BCUT2D eigenvalue weighted by Crippen LogP contribution is 2.30. The number of nitrogens with zero attached hydrogens (tertiary/aromatic N) is 3. The van der Waals surface area contributed by atoms with Crippen molar-refractivity contribution in [1.29, 1.82) is 0 Å². The van der Waals surface area contributed by atoms with Crippen molar-refractivity contribution in [3.63, 3.8) is 0 Å². The van der Waals surface area contributed by atoms with E-state index in [1.54, 1.807) is 29.8 Å². The Morgan fingerprint density at radius 2 is 1.85 bits per heavy atom. The number of alkyl halides is 3. The Balaban J connectivity index is 1.13. The monoisotopic (exact) mass is 563 g/mol. The minimum Gasteiger partial charge on any atom is -0.368 e. The standard InChI is InChI=1S/C30H28F3N5OS/c31-30(32,33)23-7-5-6-22(18-23)29(39)37-24-11-9-21(10-12-24)13-14-34-28-27-26(35-20-36-28)19-25(40-27)8-1-2-15-38-16-3-4-17-38/h5-7,9-12,18-20H,2-4,13-17H2,(H,37,39)(H,34,35,36). The first-order valence-corrected chi connectivity index (χ1v) is 13.9. The highest BCUT2D eigenvalue weighted by molar-refractivity contribution is 7.20. The molecule has 0 atom stereocenters. The number of rotatable bonds is 8. The third kappa shape index (κ3) is 7.17. The van der Waals surface area contributed by atoms with E-state index in [-0.39, 0.29) is 5.56 Å². The first kappa shape index (κ1) is 27.6. The van der Waals surface area contributed by atoms with Gasteiger partial charge >= 0.3 is 6.18 Å². The van der Waals surface area contributed by atoms with Crippen LogP contribution in [-0.2, 0) is 12.6 Å². The van der Waals surface area contributed by atoms with Gasteiger partial charge in [-0.15, -0.1) is 11.3 Å². The zero-order valence-electron chi connectivity index (χ0n) is 21.7. The van der Waals surface area contributed by atoms with Gasteiger partial charge < -0.3 is 15.5 Å². The number of amides is 1. The second-order valence-corrected chi connectivity index (χ2v) is 10.6. The fraction of sp³-hybridized carbons (Fsp3) is 0.300. The molecule has 0 spiro atoms. The summed E-state index contributed by atoms with van der Waals surface area (Å²) < 4.78 is 39.8. The topological polar surface area (TPSA) is 70.1 Å². The maximum absolute atomic E-state index is 12.9. The number of anilines is 2. The van der Waals surface area contributed by atoms with Crippen LogP contribution in [0.3, 0.4) is 0 Å². The third-order valence-electron chi connectivity index (χ3n) is 6.64. The van der Waals surface area contributed by atoms with E-state index < -0.39 is 17.6 Å². The molecule has 1 aliphatic rings. The Bertz CT molecular complexity index is 1530. The van der Waals surface area contributed by atoms with Gasteiger partial charge in [-0.25, -0.2) is 9.97 Å². The maximum atomic E-state index is 12.9. The van der Waals surface area contributed by atoms with Crippen molar-refractivity contribution in [3.05, 3.63) is 82.5 Å². The maximum Gasteiger partial charge on any atom is 0.416 e. The van der Waals surface area contributed by atoms with Crippen LogP contribution in [0.5, 0.6) is 0 Å². The zero-order chi connectivity index (χ0) is 28.0. The molecule has 4 aromatic rings. The van der Waals surface area contributed by atoms with Crippen molar-refractivity contribution in [1.82, 2.24) is 14.9 Å². The second-order valence-electron chi connectivity index (χ2n) is 9.55. The minimum absolute atomic E-state index is 0.0518. The summed E-state index contributed by atoms with van der Waals surface area (Å²) in [5.41, 5.74) is 1.50. The SMILES string of the molecule is O=C(Nc1ccc(CCNc2ncnc3cc(C#CCCN4CCCC4)sc23)cc1)c1cccc(C(F)(F)F)c1. The number of aromatic nitrogens is 2. The van der Waals surface area contributed by atoms with Crippen molar-refractivity contribution in [2.45, 2.75) is 31.9 Å². The Hall–Kier alpha value is -3.94. The van der Waals surface area contributed by atoms with Crippen molar-refractivity contribution >= 4 is 39.0 Å². The molecular formula is C30H28F3N5OS.